The molecule has 0 saturated carbocycles. The van der Waals surface area contributed by atoms with Gasteiger partial charge >= 0.3 is 0 Å². The maximum atomic E-state index is 5.54. The first kappa shape index (κ1) is 20.5. The molecule has 0 aromatic carbocycles. The average molecular weight is 397 g/mol. The second-order valence-electron chi connectivity index (χ2n) is 6.09. The predicted molar refractivity (Wildman–Crippen MR) is 119 cm³/mol. The summed E-state index contributed by atoms with van der Waals surface area (Å²) in [5, 5.41) is 2.12. The molecule has 4 heteroatoms. The summed E-state index contributed by atoms with van der Waals surface area (Å²) in [6.07, 6.45) is 18.8. The van der Waals surface area contributed by atoms with E-state index in [1.807, 2.05) is 35.3 Å². The van der Waals surface area contributed by atoms with Gasteiger partial charge in [0, 0.05) is 9.81 Å². The van der Waals surface area contributed by atoms with Crippen molar-refractivity contribution in [2.24, 2.45) is 0 Å². The molecule has 0 nitrogen and oxygen atoms in total. The van der Waals surface area contributed by atoms with Gasteiger partial charge in [0.1, 0.15) is 0 Å². The third kappa shape index (κ3) is 6.48. The number of allylic oxidation sites excluding steroid dienone is 3. The summed E-state index contributed by atoms with van der Waals surface area (Å²) in [6, 6.07) is 0. The Balaban J connectivity index is 1.94. The van der Waals surface area contributed by atoms with Crippen LogP contribution in [-0.4, -0.2) is 0 Å². The lowest BCUT2D eigenvalue weighted by Crippen LogP contribution is -1.84. The van der Waals surface area contributed by atoms with Crippen molar-refractivity contribution in [3.8, 4) is 12.3 Å². The van der Waals surface area contributed by atoms with Crippen molar-refractivity contribution in [2.45, 2.75) is 78.1 Å². The van der Waals surface area contributed by atoms with Crippen LogP contribution in [0.3, 0.4) is 0 Å². The van der Waals surface area contributed by atoms with E-state index in [9.17, 15) is 0 Å². The van der Waals surface area contributed by atoms with Gasteiger partial charge in [-0.25, -0.2) is 0 Å². The Kier molecular flexibility index (Phi) is 10.0. The standard InChI is InChI=1S/C20H28S4/c1-4-7-9-11-13-17-18(14-12-10-8-5-2)24-20(23-17)19-21-15-16(6-3)22-19/h3,15H,4-5,7-14H2,1-2H3. The van der Waals surface area contributed by atoms with Crippen molar-refractivity contribution in [1.29, 1.82) is 0 Å². The van der Waals surface area contributed by atoms with Gasteiger partial charge in [-0.05, 0) is 31.1 Å². The first-order valence-electron chi connectivity index (χ1n) is 9.11. The fraction of sp³-hybridized carbons (Fsp3) is 0.600. The third-order valence-electron chi connectivity index (χ3n) is 4.04. The van der Waals surface area contributed by atoms with E-state index in [2.05, 4.69) is 25.2 Å². The molecule has 0 unspecified atom stereocenters. The van der Waals surface area contributed by atoms with Gasteiger partial charge in [0.25, 0.3) is 0 Å². The summed E-state index contributed by atoms with van der Waals surface area (Å²) in [5.41, 5.74) is 0. The van der Waals surface area contributed by atoms with Crippen molar-refractivity contribution < 1.29 is 0 Å². The van der Waals surface area contributed by atoms with Crippen LogP contribution in [-0.2, 0) is 0 Å². The SMILES string of the molecule is C#CC1=CSC(=C2SC(CCCCCC)=C(CCCCCC)S2)S1. The van der Waals surface area contributed by atoms with E-state index >= 15 is 0 Å². The minimum absolute atomic E-state index is 1.06. The molecule has 0 N–H and O–H groups in total. The van der Waals surface area contributed by atoms with E-state index in [-0.39, 0.29) is 0 Å². The van der Waals surface area contributed by atoms with Gasteiger partial charge in [0.2, 0.25) is 0 Å². The molecule has 0 atom stereocenters. The number of unbranched alkanes of at least 4 members (excludes halogenated alkanes) is 6. The van der Waals surface area contributed by atoms with E-state index in [0.717, 1.165) is 4.91 Å². The van der Waals surface area contributed by atoms with Gasteiger partial charge < -0.3 is 0 Å². The minimum Gasteiger partial charge on any atom is -0.114 e. The summed E-state index contributed by atoms with van der Waals surface area (Å²) in [5.74, 6) is 2.77. The number of terminal acetylenes is 1. The zero-order chi connectivity index (χ0) is 17.2. The van der Waals surface area contributed by atoms with Crippen LogP contribution in [0.1, 0.15) is 78.1 Å². The summed E-state index contributed by atoms with van der Waals surface area (Å²) in [7, 11) is 0. The Bertz CT molecular complexity index is 522. The second-order valence-corrected chi connectivity index (χ2v) is 10.8. The summed E-state index contributed by atoms with van der Waals surface area (Å²) >= 11 is 7.64. The maximum absolute atomic E-state index is 5.54. The van der Waals surface area contributed by atoms with Crippen LogP contribution in [0.25, 0.3) is 0 Å². The molecule has 0 aliphatic carbocycles. The largest absolute Gasteiger partial charge is 0.114 e. The Morgan fingerprint density at radius 1 is 0.792 bits per heavy atom. The molecule has 2 heterocycles. The van der Waals surface area contributed by atoms with Crippen LogP contribution in [0.5, 0.6) is 0 Å². The highest BCUT2D eigenvalue weighted by atomic mass is 32.2. The first-order valence-corrected chi connectivity index (χ1v) is 12.4. The zero-order valence-corrected chi connectivity index (χ0v) is 18.1. The molecule has 0 aromatic heterocycles. The molecule has 0 fully saturated rings. The topological polar surface area (TPSA) is 0 Å². The molecule has 0 radical (unpaired) electrons. The lowest BCUT2D eigenvalue weighted by molar-refractivity contribution is 0.661. The molecule has 0 spiro atoms. The second kappa shape index (κ2) is 11.7. The maximum Gasteiger partial charge on any atom is 0.0707 e. The van der Waals surface area contributed by atoms with Gasteiger partial charge in [-0.2, -0.15) is 0 Å². The van der Waals surface area contributed by atoms with Gasteiger partial charge in [0.15, 0.2) is 0 Å². The van der Waals surface area contributed by atoms with Crippen LogP contribution in [0.2, 0.25) is 0 Å². The average Bonchev–Trinajstić information content (AvgIpc) is 3.22. The Hall–Kier alpha value is 0.180. The molecule has 0 amide bonds. The number of rotatable bonds is 10. The third-order valence-corrected chi connectivity index (χ3v) is 9.67. The van der Waals surface area contributed by atoms with Crippen molar-refractivity contribution in [1.82, 2.24) is 0 Å². The summed E-state index contributed by atoms with van der Waals surface area (Å²) in [4.78, 5) is 4.35. The lowest BCUT2D eigenvalue weighted by Gasteiger charge is -2.05. The quantitative estimate of drug-likeness (QED) is 0.267. The smallest absolute Gasteiger partial charge is 0.0707 e. The highest BCUT2D eigenvalue weighted by Gasteiger charge is 2.25. The number of hydrogen-bond acceptors (Lipinski definition) is 4. The Labute approximate surface area is 165 Å². The molecule has 2 rings (SSSR count). The fourth-order valence-electron chi connectivity index (χ4n) is 2.66. The number of hydrogen-bond donors (Lipinski definition) is 0. The van der Waals surface area contributed by atoms with E-state index in [4.69, 9.17) is 6.42 Å². The van der Waals surface area contributed by atoms with E-state index in [0.29, 0.717) is 0 Å². The van der Waals surface area contributed by atoms with Crippen molar-refractivity contribution in [3.63, 3.8) is 0 Å². The Morgan fingerprint density at radius 3 is 1.83 bits per heavy atom. The van der Waals surface area contributed by atoms with Gasteiger partial charge in [-0.15, -0.1) is 6.42 Å². The first-order chi connectivity index (χ1) is 11.8. The Morgan fingerprint density at radius 2 is 1.38 bits per heavy atom. The highest BCUT2D eigenvalue weighted by molar-refractivity contribution is 8.34. The van der Waals surface area contributed by atoms with Crippen molar-refractivity contribution >= 4 is 47.0 Å². The van der Waals surface area contributed by atoms with Crippen molar-refractivity contribution in [2.75, 3.05) is 0 Å². The van der Waals surface area contributed by atoms with Crippen molar-refractivity contribution in [3.05, 3.63) is 28.6 Å². The zero-order valence-electron chi connectivity index (χ0n) is 14.9. The summed E-state index contributed by atoms with van der Waals surface area (Å²) in [6.45, 7) is 4.57. The molecular formula is C20H28S4. The van der Waals surface area contributed by atoms with E-state index in [1.54, 1.807) is 21.6 Å². The minimum atomic E-state index is 1.06. The lowest BCUT2D eigenvalue weighted by atomic mass is 10.1. The van der Waals surface area contributed by atoms with Gasteiger partial charge in [0.05, 0.1) is 13.4 Å². The fourth-order valence-corrected chi connectivity index (χ4v) is 7.92. The highest BCUT2D eigenvalue weighted by Crippen LogP contribution is 2.59. The normalized spacial score (nSPS) is 17.6. The van der Waals surface area contributed by atoms with Crippen LogP contribution in [0.4, 0.5) is 0 Å². The molecule has 132 valence electrons. The molecule has 24 heavy (non-hydrogen) atoms. The van der Waals surface area contributed by atoms with E-state index in [1.165, 1.54) is 72.7 Å². The van der Waals surface area contributed by atoms with Crippen LogP contribution in [0, 0.1) is 12.3 Å². The molecule has 0 bridgehead atoms. The van der Waals surface area contributed by atoms with Crippen LogP contribution >= 0.6 is 47.0 Å². The predicted octanol–water partition coefficient (Wildman–Crippen LogP) is 8.70. The molecule has 2 aliphatic rings. The number of thioether (sulfide) groups is 4. The molecule has 2 aliphatic heterocycles. The molecule has 0 aromatic rings. The summed E-state index contributed by atoms with van der Waals surface area (Å²) < 4.78 is 2.87. The van der Waals surface area contributed by atoms with E-state index < -0.39 is 0 Å². The van der Waals surface area contributed by atoms with Gasteiger partial charge in [-0.3, -0.25) is 0 Å². The van der Waals surface area contributed by atoms with Gasteiger partial charge in [-0.1, -0.05) is 105 Å². The molecule has 0 saturated heterocycles. The van der Waals surface area contributed by atoms with Crippen LogP contribution < -0.4 is 0 Å². The monoisotopic (exact) mass is 396 g/mol. The van der Waals surface area contributed by atoms with Crippen LogP contribution in [0.15, 0.2) is 28.6 Å². The molecular weight excluding hydrogens is 368 g/mol.